The molecule has 0 aliphatic rings. The number of rotatable bonds is 5. The van der Waals surface area contributed by atoms with Crippen LogP contribution in [-0.4, -0.2) is 13.2 Å². The van der Waals surface area contributed by atoms with Crippen molar-refractivity contribution in [2.24, 2.45) is 0 Å². The monoisotopic (exact) mass is 236 g/mol. The number of hydrogen-bond donors (Lipinski definition) is 0. The minimum absolute atomic E-state index is 0.0284. The first-order valence-corrected chi connectivity index (χ1v) is 4.97. The average Bonchev–Trinajstić information content (AvgIpc) is 2.20. The molecule has 15 heavy (non-hydrogen) atoms. The summed E-state index contributed by atoms with van der Waals surface area (Å²) in [7, 11) is 0. The van der Waals surface area contributed by atoms with E-state index < -0.39 is 6.61 Å². The van der Waals surface area contributed by atoms with Crippen molar-refractivity contribution in [1.29, 1.82) is 0 Å². The summed E-state index contributed by atoms with van der Waals surface area (Å²) in [6.07, 6.45) is 0. The Kier molecular flexibility index (Phi) is 4.62. The van der Waals surface area contributed by atoms with Crippen molar-refractivity contribution in [3.8, 4) is 11.5 Å². The predicted octanol–water partition coefficient (Wildman–Crippen LogP) is 3.43. The van der Waals surface area contributed by atoms with E-state index in [1.807, 2.05) is 0 Å². The zero-order chi connectivity index (χ0) is 11.3. The van der Waals surface area contributed by atoms with Gasteiger partial charge in [-0.1, -0.05) is 6.07 Å². The third kappa shape index (κ3) is 3.55. The van der Waals surface area contributed by atoms with Gasteiger partial charge in [0, 0.05) is 5.88 Å². The van der Waals surface area contributed by atoms with Crippen LogP contribution >= 0.6 is 11.6 Å². The molecule has 1 rings (SSSR count). The standard InChI is InChI=1S/C10H11ClF2O2/c1-2-14-9-5-7(6-11)3-4-8(9)15-10(12)13/h3-5,10H,2,6H2,1H3. The first-order valence-electron chi connectivity index (χ1n) is 4.44. The van der Waals surface area contributed by atoms with Crippen molar-refractivity contribution in [1.82, 2.24) is 0 Å². The van der Waals surface area contributed by atoms with Crippen LogP contribution in [0, 0.1) is 0 Å². The molecule has 0 aromatic heterocycles. The Morgan fingerprint density at radius 2 is 2.07 bits per heavy atom. The Morgan fingerprint density at radius 3 is 2.60 bits per heavy atom. The summed E-state index contributed by atoms with van der Waals surface area (Å²) in [5, 5.41) is 0. The van der Waals surface area contributed by atoms with Crippen molar-refractivity contribution >= 4 is 11.6 Å². The Bertz CT molecular complexity index is 318. The van der Waals surface area contributed by atoms with Crippen LogP contribution in [0.15, 0.2) is 18.2 Å². The molecule has 0 saturated carbocycles. The Hall–Kier alpha value is -1.03. The van der Waals surface area contributed by atoms with Crippen LogP contribution in [0.3, 0.4) is 0 Å². The molecule has 0 fully saturated rings. The summed E-state index contributed by atoms with van der Waals surface area (Å²) in [6.45, 7) is -0.712. The van der Waals surface area contributed by atoms with E-state index in [0.717, 1.165) is 5.56 Å². The molecule has 0 aliphatic heterocycles. The normalized spacial score (nSPS) is 10.5. The van der Waals surface area contributed by atoms with Crippen LogP contribution < -0.4 is 9.47 Å². The second-order valence-corrected chi connectivity index (χ2v) is 2.99. The van der Waals surface area contributed by atoms with E-state index in [-0.39, 0.29) is 11.5 Å². The third-order valence-electron chi connectivity index (χ3n) is 1.68. The minimum atomic E-state index is -2.86. The molecule has 0 bridgehead atoms. The van der Waals surface area contributed by atoms with E-state index in [1.54, 1.807) is 19.1 Å². The van der Waals surface area contributed by atoms with Crippen molar-refractivity contribution in [2.45, 2.75) is 19.4 Å². The molecule has 0 saturated heterocycles. The van der Waals surface area contributed by atoms with E-state index >= 15 is 0 Å². The van der Waals surface area contributed by atoms with Gasteiger partial charge in [-0.25, -0.2) is 0 Å². The molecule has 1 aromatic carbocycles. The molecule has 0 heterocycles. The minimum Gasteiger partial charge on any atom is -0.490 e. The van der Waals surface area contributed by atoms with Crippen molar-refractivity contribution in [3.05, 3.63) is 23.8 Å². The van der Waals surface area contributed by atoms with Gasteiger partial charge in [0.05, 0.1) is 6.61 Å². The summed E-state index contributed by atoms with van der Waals surface area (Å²) in [5.74, 6) is 0.617. The van der Waals surface area contributed by atoms with Crippen molar-refractivity contribution in [2.75, 3.05) is 6.61 Å². The van der Waals surface area contributed by atoms with Crippen LogP contribution in [-0.2, 0) is 5.88 Å². The summed E-state index contributed by atoms with van der Waals surface area (Å²) in [4.78, 5) is 0. The van der Waals surface area contributed by atoms with Crippen molar-refractivity contribution in [3.63, 3.8) is 0 Å². The highest BCUT2D eigenvalue weighted by molar-refractivity contribution is 6.17. The molecule has 0 N–H and O–H groups in total. The summed E-state index contributed by atoms with van der Waals surface area (Å²) in [6, 6.07) is 4.64. The van der Waals surface area contributed by atoms with Gasteiger partial charge in [-0.05, 0) is 24.6 Å². The summed E-state index contributed by atoms with van der Waals surface area (Å²) >= 11 is 5.61. The lowest BCUT2D eigenvalue weighted by atomic mass is 10.2. The molecule has 0 spiro atoms. The fraction of sp³-hybridized carbons (Fsp3) is 0.400. The first-order chi connectivity index (χ1) is 7.17. The number of halogens is 3. The van der Waals surface area contributed by atoms with Crippen LogP contribution in [0.5, 0.6) is 11.5 Å². The fourth-order valence-corrected chi connectivity index (χ4v) is 1.26. The SMILES string of the molecule is CCOc1cc(CCl)ccc1OC(F)F. The van der Waals surface area contributed by atoms with Gasteiger partial charge in [-0.15, -0.1) is 11.6 Å². The second kappa shape index (κ2) is 5.75. The Balaban J connectivity index is 2.92. The lowest BCUT2D eigenvalue weighted by Crippen LogP contribution is -2.04. The lowest BCUT2D eigenvalue weighted by Gasteiger charge is -2.11. The van der Waals surface area contributed by atoms with E-state index in [1.165, 1.54) is 6.07 Å². The van der Waals surface area contributed by atoms with Crippen LogP contribution in [0.1, 0.15) is 12.5 Å². The van der Waals surface area contributed by atoms with Crippen LogP contribution in [0.4, 0.5) is 8.78 Å². The zero-order valence-electron chi connectivity index (χ0n) is 8.17. The van der Waals surface area contributed by atoms with Gasteiger partial charge in [0.2, 0.25) is 0 Å². The molecule has 2 nitrogen and oxygen atoms in total. The van der Waals surface area contributed by atoms with E-state index in [2.05, 4.69) is 4.74 Å². The maximum Gasteiger partial charge on any atom is 0.387 e. The van der Waals surface area contributed by atoms with Gasteiger partial charge >= 0.3 is 6.61 Å². The van der Waals surface area contributed by atoms with Crippen LogP contribution in [0.2, 0.25) is 0 Å². The molecule has 0 radical (unpaired) electrons. The number of hydrogen-bond acceptors (Lipinski definition) is 2. The highest BCUT2D eigenvalue weighted by atomic mass is 35.5. The highest BCUT2D eigenvalue weighted by Crippen LogP contribution is 2.30. The third-order valence-corrected chi connectivity index (χ3v) is 1.99. The lowest BCUT2D eigenvalue weighted by molar-refractivity contribution is -0.0514. The molecular weight excluding hydrogens is 226 g/mol. The zero-order valence-corrected chi connectivity index (χ0v) is 8.93. The first kappa shape index (κ1) is 12.0. The Morgan fingerprint density at radius 1 is 1.33 bits per heavy atom. The highest BCUT2D eigenvalue weighted by Gasteiger charge is 2.10. The van der Waals surface area contributed by atoms with Gasteiger partial charge in [-0.2, -0.15) is 8.78 Å². The van der Waals surface area contributed by atoms with Gasteiger partial charge in [0.1, 0.15) is 0 Å². The molecule has 5 heteroatoms. The maximum absolute atomic E-state index is 12.0. The van der Waals surface area contributed by atoms with Crippen molar-refractivity contribution < 1.29 is 18.3 Å². The molecule has 0 atom stereocenters. The largest absolute Gasteiger partial charge is 0.490 e. The van der Waals surface area contributed by atoms with Gasteiger partial charge in [0.15, 0.2) is 11.5 Å². The van der Waals surface area contributed by atoms with Gasteiger partial charge < -0.3 is 9.47 Å². The smallest absolute Gasteiger partial charge is 0.387 e. The number of benzene rings is 1. The molecule has 0 unspecified atom stereocenters. The predicted molar refractivity (Wildman–Crippen MR) is 53.8 cm³/mol. The maximum atomic E-state index is 12.0. The average molecular weight is 237 g/mol. The topological polar surface area (TPSA) is 18.5 Å². The van der Waals surface area contributed by atoms with Crippen LogP contribution in [0.25, 0.3) is 0 Å². The quantitative estimate of drug-likeness (QED) is 0.730. The molecule has 1 aromatic rings. The molecule has 0 amide bonds. The summed E-state index contributed by atoms with van der Waals surface area (Å²) in [5.41, 5.74) is 0.793. The second-order valence-electron chi connectivity index (χ2n) is 2.73. The molecule has 0 aliphatic carbocycles. The molecule has 84 valence electrons. The van der Waals surface area contributed by atoms with E-state index in [4.69, 9.17) is 16.3 Å². The Labute approximate surface area is 91.8 Å². The number of ether oxygens (including phenoxy) is 2. The van der Waals surface area contributed by atoms with E-state index in [9.17, 15) is 8.78 Å². The fourth-order valence-electron chi connectivity index (χ4n) is 1.10. The number of alkyl halides is 3. The van der Waals surface area contributed by atoms with Gasteiger partial charge in [0.25, 0.3) is 0 Å². The van der Waals surface area contributed by atoms with E-state index in [0.29, 0.717) is 12.5 Å². The van der Waals surface area contributed by atoms with Gasteiger partial charge in [-0.3, -0.25) is 0 Å². The molecular formula is C10H11ClF2O2. The summed E-state index contributed by atoms with van der Waals surface area (Å²) < 4.78 is 33.5.